The molecule has 0 bridgehead atoms. The van der Waals surface area contributed by atoms with E-state index in [2.05, 4.69) is 9.97 Å². The highest BCUT2D eigenvalue weighted by Gasteiger charge is 2.10. The van der Waals surface area contributed by atoms with Crippen LogP contribution in [0.25, 0.3) is 0 Å². The molecule has 0 aliphatic rings. The van der Waals surface area contributed by atoms with Crippen LogP contribution in [0.5, 0.6) is 0 Å². The van der Waals surface area contributed by atoms with Gasteiger partial charge in [-0.25, -0.2) is 9.97 Å². The lowest BCUT2D eigenvalue weighted by Gasteiger charge is -2.00. The SMILES string of the molecule is CC(N)C(=O)c1ccncn1. The lowest BCUT2D eigenvalue weighted by molar-refractivity contribution is 0.0963. The predicted molar refractivity (Wildman–Crippen MR) is 40.0 cm³/mol. The van der Waals surface area contributed by atoms with Crippen LogP contribution in [0.1, 0.15) is 17.4 Å². The van der Waals surface area contributed by atoms with Crippen molar-refractivity contribution in [3.8, 4) is 0 Å². The summed E-state index contributed by atoms with van der Waals surface area (Å²) in [4.78, 5) is 18.6. The van der Waals surface area contributed by atoms with Crippen LogP contribution in [0, 0.1) is 0 Å². The molecule has 1 atom stereocenters. The molecule has 2 N–H and O–H groups in total. The fourth-order valence-electron chi connectivity index (χ4n) is 0.670. The van der Waals surface area contributed by atoms with Crippen LogP contribution in [-0.4, -0.2) is 21.8 Å². The largest absolute Gasteiger partial charge is 0.321 e. The number of ketones is 1. The summed E-state index contributed by atoms with van der Waals surface area (Å²) in [6.07, 6.45) is 2.85. The third-order valence-corrected chi connectivity index (χ3v) is 1.25. The zero-order valence-electron chi connectivity index (χ0n) is 6.19. The topological polar surface area (TPSA) is 68.9 Å². The maximum atomic E-state index is 11.1. The third kappa shape index (κ3) is 1.81. The smallest absolute Gasteiger partial charge is 0.197 e. The summed E-state index contributed by atoms with van der Waals surface area (Å²) in [5.74, 6) is -0.160. The Morgan fingerprint density at radius 3 is 2.91 bits per heavy atom. The van der Waals surface area contributed by atoms with Crippen molar-refractivity contribution < 1.29 is 4.79 Å². The molecule has 0 amide bonds. The zero-order chi connectivity index (χ0) is 8.27. The maximum absolute atomic E-state index is 11.1. The normalized spacial score (nSPS) is 12.5. The molecular weight excluding hydrogens is 142 g/mol. The zero-order valence-corrected chi connectivity index (χ0v) is 6.19. The summed E-state index contributed by atoms with van der Waals surface area (Å²) in [5.41, 5.74) is 5.73. The molecule has 1 aromatic heterocycles. The van der Waals surface area contributed by atoms with Gasteiger partial charge >= 0.3 is 0 Å². The first-order valence-electron chi connectivity index (χ1n) is 3.27. The van der Waals surface area contributed by atoms with E-state index >= 15 is 0 Å². The van der Waals surface area contributed by atoms with Crippen LogP contribution in [0.4, 0.5) is 0 Å². The van der Waals surface area contributed by atoms with Crippen LogP contribution < -0.4 is 5.73 Å². The van der Waals surface area contributed by atoms with Gasteiger partial charge in [-0.1, -0.05) is 0 Å². The molecule has 1 rings (SSSR count). The van der Waals surface area contributed by atoms with Crippen molar-refractivity contribution in [1.82, 2.24) is 9.97 Å². The number of rotatable bonds is 2. The molecule has 0 fully saturated rings. The first-order valence-corrected chi connectivity index (χ1v) is 3.27. The molecular formula is C7H9N3O. The Hall–Kier alpha value is -1.29. The van der Waals surface area contributed by atoms with E-state index < -0.39 is 6.04 Å². The van der Waals surface area contributed by atoms with E-state index in [4.69, 9.17) is 5.73 Å². The average Bonchev–Trinajstić information content (AvgIpc) is 2.05. The van der Waals surface area contributed by atoms with Crippen molar-refractivity contribution in [1.29, 1.82) is 0 Å². The highest BCUT2D eigenvalue weighted by molar-refractivity contribution is 5.97. The van der Waals surface area contributed by atoms with Gasteiger partial charge < -0.3 is 5.73 Å². The second-order valence-corrected chi connectivity index (χ2v) is 2.25. The van der Waals surface area contributed by atoms with Gasteiger partial charge in [0.1, 0.15) is 12.0 Å². The first kappa shape index (κ1) is 7.81. The molecule has 0 saturated carbocycles. The van der Waals surface area contributed by atoms with Crippen molar-refractivity contribution in [3.05, 3.63) is 24.3 Å². The lowest BCUT2D eigenvalue weighted by atomic mass is 10.2. The number of hydrogen-bond acceptors (Lipinski definition) is 4. The number of Topliss-reactive ketones (excluding diaryl/α,β-unsaturated/α-hetero) is 1. The van der Waals surface area contributed by atoms with Crippen LogP contribution >= 0.6 is 0 Å². The molecule has 0 aromatic carbocycles. The fraction of sp³-hybridized carbons (Fsp3) is 0.286. The van der Waals surface area contributed by atoms with Crippen LogP contribution in [0.3, 0.4) is 0 Å². The van der Waals surface area contributed by atoms with Gasteiger partial charge in [-0.15, -0.1) is 0 Å². The van der Waals surface area contributed by atoms with Gasteiger partial charge in [-0.05, 0) is 13.0 Å². The highest BCUT2D eigenvalue weighted by Crippen LogP contribution is 1.95. The van der Waals surface area contributed by atoms with Gasteiger partial charge in [0.15, 0.2) is 5.78 Å². The van der Waals surface area contributed by atoms with Crippen LogP contribution in [0.15, 0.2) is 18.6 Å². The Kier molecular flexibility index (Phi) is 2.28. The van der Waals surface area contributed by atoms with E-state index in [1.165, 1.54) is 12.5 Å². The predicted octanol–water partition coefficient (Wildman–Crippen LogP) is 0.00650. The quantitative estimate of drug-likeness (QED) is 0.604. The molecule has 58 valence electrons. The maximum Gasteiger partial charge on any atom is 0.197 e. The van der Waals surface area contributed by atoms with Gasteiger partial charge in [0.2, 0.25) is 0 Å². The fourth-order valence-corrected chi connectivity index (χ4v) is 0.670. The van der Waals surface area contributed by atoms with Crippen molar-refractivity contribution in [2.75, 3.05) is 0 Å². The summed E-state index contributed by atoms with van der Waals surface area (Å²) < 4.78 is 0. The van der Waals surface area contributed by atoms with Crippen LogP contribution in [-0.2, 0) is 0 Å². The molecule has 1 aromatic rings. The number of nitrogens with zero attached hydrogens (tertiary/aromatic N) is 2. The number of nitrogens with two attached hydrogens (primary N) is 1. The van der Waals surface area contributed by atoms with E-state index in [0.29, 0.717) is 5.69 Å². The van der Waals surface area contributed by atoms with Crippen molar-refractivity contribution >= 4 is 5.78 Å². The average molecular weight is 151 g/mol. The number of carbonyl (C=O) groups is 1. The van der Waals surface area contributed by atoms with Gasteiger partial charge in [-0.3, -0.25) is 4.79 Å². The van der Waals surface area contributed by atoms with Gasteiger partial charge in [0, 0.05) is 6.20 Å². The Morgan fingerprint density at radius 1 is 1.73 bits per heavy atom. The molecule has 4 heteroatoms. The van der Waals surface area contributed by atoms with Crippen LogP contribution in [0.2, 0.25) is 0 Å². The number of aromatic nitrogens is 2. The molecule has 4 nitrogen and oxygen atoms in total. The third-order valence-electron chi connectivity index (χ3n) is 1.25. The minimum absolute atomic E-state index is 0.160. The molecule has 0 aliphatic heterocycles. The Balaban J connectivity index is 2.86. The summed E-state index contributed by atoms with van der Waals surface area (Å²) in [7, 11) is 0. The summed E-state index contributed by atoms with van der Waals surface area (Å²) in [6, 6.07) is 1.05. The monoisotopic (exact) mass is 151 g/mol. The van der Waals surface area contributed by atoms with Gasteiger partial charge in [0.05, 0.1) is 6.04 Å². The molecule has 0 radical (unpaired) electrons. The number of hydrogen-bond donors (Lipinski definition) is 1. The molecule has 0 saturated heterocycles. The summed E-state index contributed by atoms with van der Waals surface area (Å²) in [5, 5.41) is 0. The molecule has 11 heavy (non-hydrogen) atoms. The molecule has 0 spiro atoms. The Morgan fingerprint density at radius 2 is 2.45 bits per heavy atom. The second kappa shape index (κ2) is 3.21. The van der Waals surface area contributed by atoms with E-state index in [-0.39, 0.29) is 5.78 Å². The van der Waals surface area contributed by atoms with Crippen molar-refractivity contribution in [2.45, 2.75) is 13.0 Å². The summed E-state index contributed by atoms with van der Waals surface area (Å²) >= 11 is 0. The Labute approximate surface area is 64.5 Å². The minimum Gasteiger partial charge on any atom is -0.321 e. The standard InChI is InChI=1S/C7H9N3O/c1-5(8)7(11)6-2-3-9-4-10-6/h2-5H,8H2,1H3. The second-order valence-electron chi connectivity index (χ2n) is 2.25. The summed E-state index contributed by atoms with van der Waals surface area (Å²) in [6.45, 7) is 1.63. The lowest BCUT2D eigenvalue weighted by Crippen LogP contribution is -2.27. The molecule has 0 aliphatic carbocycles. The van der Waals surface area contributed by atoms with Crippen molar-refractivity contribution in [2.24, 2.45) is 5.73 Å². The highest BCUT2D eigenvalue weighted by atomic mass is 16.1. The Bertz CT molecular complexity index is 245. The van der Waals surface area contributed by atoms with Crippen molar-refractivity contribution in [3.63, 3.8) is 0 Å². The molecule has 1 unspecified atom stereocenters. The first-order chi connectivity index (χ1) is 5.22. The van der Waals surface area contributed by atoms with Gasteiger partial charge in [-0.2, -0.15) is 0 Å². The van der Waals surface area contributed by atoms with E-state index in [0.717, 1.165) is 0 Å². The van der Waals surface area contributed by atoms with E-state index in [1.54, 1.807) is 13.0 Å². The molecule has 1 heterocycles. The van der Waals surface area contributed by atoms with E-state index in [1.807, 2.05) is 0 Å². The van der Waals surface area contributed by atoms with E-state index in [9.17, 15) is 4.79 Å². The van der Waals surface area contributed by atoms with Gasteiger partial charge in [0.25, 0.3) is 0 Å². The number of carbonyl (C=O) groups excluding carboxylic acids is 1. The minimum atomic E-state index is -0.495.